The van der Waals surface area contributed by atoms with Crippen LogP contribution in [0.5, 0.6) is 0 Å². The van der Waals surface area contributed by atoms with Crippen molar-refractivity contribution in [1.82, 2.24) is 0 Å². The molecule has 0 amide bonds. The van der Waals surface area contributed by atoms with Crippen LogP contribution in [0, 0.1) is 17.8 Å². The predicted octanol–water partition coefficient (Wildman–Crippen LogP) is 7.39. The van der Waals surface area contributed by atoms with Crippen LogP contribution in [-0.2, 0) is 0 Å². The third-order valence-corrected chi connectivity index (χ3v) is 5.14. The van der Waals surface area contributed by atoms with E-state index in [9.17, 15) is 0 Å². The van der Waals surface area contributed by atoms with Gasteiger partial charge in [-0.15, -0.1) is 6.58 Å². The number of hydrogen-bond donors (Lipinski definition) is 0. The second kappa shape index (κ2) is 13.7. The van der Waals surface area contributed by atoms with Crippen molar-refractivity contribution in [3.63, 3.8) is 0 Å². The van der Waals surface area contributed by atoms with Crippen LogP contribution in [0.4, 0.5) is 0 Å². The first-order valence-electron chi connectivity index (χ1n) is 9.28. The monoisotopic (exact) mass is 280 g/mol. The van der Waals surface area contributed by atoms with Gasteiger partial charge in [-0.25, -0.2) is 0 Å². The van der Waals surface area contributed by atoms with Crippen LogP contribution in [0.3, 0.4) is 0 Å². The molecule has 0 aromatic rings. The third kappa shape index (κ3) is 9.61. The molecule has 0 heterocycles. The minimum absolute atomic E-state index is 0.906. The zero-order chi connectivity index (χ0) is 15.2. The van der Waals surface area contributed by atoms with Gasteiger partial charge in [-0.2, -0.15) is 0 Å². The van der Waals surface area contributed by atoms with Crippen molar-refractivity contribution in [2.24, 2.45) is 17.8 Å². The first kappa shape index (κ1) is 19.7. The molecule has 120 valence electrons. The molecule has 0 aliphatic carbocycles. The summed E-state index contributed by atoms with van der Waals surface area (Å²) in [5.41, 5.74) is 0. The summed E-state index contributed by atoms with van der Waals surface area (Å²) < 4.78 is 0. The van der Waals surface area contributed by atoms with E-state index >= 15 is 0 Å². The zero-order valence-electron chi connectivity index (χ0n) is 14.8. The normalized spacial score (nSPS) is 15.8. The Labute approximate surface area is 129 Å². The molecule has 0 aromatic carbocycles. The highest BCUT2D eigenvalue weighted by molar-refractivity contribution is 4.71. The van der Waals surface area contributed by atoms with Crippen molar-refractivity contribution in [2.45, 2.75) is 98.3 Å². The number of hydrogen-bond acceptors (Lipinski definition) is 0. The van der Waals surface area contributed by atoms with E-state index in [4.69, 9.17) is 0 Å². The Balaban J connectivity index is 3.66. The Kier molecular flexibility index (Phi) is 13.5. The van der Waals surface area contributed by atoms with E-state index in [0.29, 0.717) is 0 Å². The molecule has 0 N–H and O–H groups in total. The minimum atomic E-state index is 0.906. The highest BCUT2D eigenvalue weighted by atomic mass is 14.3. The van der Waals surface area contributed by atoms with E-state index in [1.165, 1.54) is 70.6 Å². The fourth-order valence-corrected chi connectivity index (χ4v) is 3.42. The fourth-order valence-electron chi connectivity index (χ4n) is 3.42. The number of allylic oxidation sites excluding steroid dienone is 1. The molecule has 3 atom stereocenters. The molecule has 0 saturated heterocycles. The Morgan fingerprint density at radius 2 is 1.45 bits per heavy atom. The van der Waals surface area contributed by atoms with Crippen LogP contribution in [0.1, 0.15) is 98.3 Å². The van der Waals surface area contributed by atoms with Gasteiger partial charge in [0.15, 0.2) is 0 Å². The van der Waals surface area contributed by atoms with Gasteiger partial charge in [-0.3, -0.25) is 0 Å². The second-order valence-corrected chi connectivity index (χ2v) is 6.78. The maximum atomic E-state index is 3.78. The fraction of sp³-hybridized carbons (Fsp3) is 0.900. The van der Waals surface area contributed by atoms with E-state index in [1.54, 1.807) is 0 Å². The van der Waals surface area contributed by atoms with Crippen molar-refractivity contribution in [1.29, 1.82) is 0 Å². The van der Waals surface area contributed by atoms with Crippen LogP contribution in [0.25, 0.3) is 0 Å². The summed E-state index contributed by atoms with van der Waals surface area (Å²) in [7, 11) is 0. The molecule has 0 saturated carbocycles. The largest absolute Gasteiger partial charge is 0.103 e. The van der Waals surface area contributed by atoms with Gasteiger partial charge in [-0.05, 0) is 30.6 Å². The van der Waals surface area contributed by atoms with Gasteiger partial charge in [0.1, 0.15) is 0 Å². The summed E-state index contributed by atoms with van der Waals surface area (Å²) in [5, 5.41) is 0. The van der Waals surface area contributed by atoms with Crippen molar-refractivity contribution in [2.75, 3.05) is 0 Å². The minimum Gasteiger partial charge on any atom is -0.103 e. The summed E-state index contributed by atoms with van der Waals surface area (Å²) in [5.74, 6) is 2.77. The highest BCUT2D eigenvalue weighted by Gasteiger charge is 2.20. The lowest BCUT2D eigenvalue weighted by Gasteiger charge is -2.28. The van der Waals surface area contributed by atoms with Crippen LogP contribution in [-0.4, -0.2) is 0 Å². The quantitative estimate of drug-likeness (QED) is 0.230. The molecule has 0 fully saturated rings. The van der Waals surface area contributed by atoms with Crippen LogP contribution >= 0.6 is 0 Å². The average Bonchev–Trinajstić information content (AvgIpc) is 2.45. The Hall–Kier alpha value is -0.260. The van der Waals surface area contributed by atoms with Gasteiger partial charge in [0.2, 0.25) is 0 Å². The maximum Gasteiger partial charge on any atom is -0.0353 e. The van der Waals surface area contributed by atoms with Crippen LogP contribution in [0.15, 0.2) is 12.7 Å². The molecule has 0 heteroatoms. The SMILES string of the molecule is C=CCCCCCCCCC(CC)C(C)C(C)CCC. The Morgan fingerprint density at radius 3 is 2.00 bits per heavy atom. The Bertz CT molecular complexity index is 206. The molecule has 0 radical (unpaired) electrons. The maximum absolute atomic E-state index is 3.78. The first-order valence-corrected chi connectivity index (χ1v) is 9.28. The molecular weight excluding hydrogens is 240 g/mol. The first-order chi connectivity index (χ1) is 9.67. The van der Waals surface area contributed by atoms with E-state index in [0.717, 1.165) is 17.8 Å². The lowest BCUT2D eigenvalue weighted by Crippen LogP contribution is -2.18. The molecule has 20 heavy (non-hydrogen) atoms. The molecule has 0 rings (SSSR count). The molecule has 0 nitrogen and oxygen atoms in total. The van der Waals surface area contributed by atoms with E-state index in [-0.39, 0.29) is 0 Å². The molecule has 3 unspecified atom stereocenters. The van der Waals surface area contributed by atoms with Crippen molar-refractivity contribution in [3.8, 4) is 0 Å². The molecule has 0 aliphatic heterocycles. The van der Waals surface area contributed by atoms with Gasteiger partial charge in [0.05, 0.1) is 0 Å². The van der Waals surface area contributed by atoms with E-state index < -0.39 is 0 Å². The number of rotatable bonds is 14. The number of unbranched alkanes of at least 4 members (excludes halogenated alkanes) is 6. The Morgan fingerprint density at radius 1 is 0.850 bits per heavy atom. The molecule has 0 aromatic heterocycles. The summed E-state index contributed by atoms with van der Waals surface area (Å²) >= 11 is 0. The molecular formula is C20H40. The summed E-state index contributed by atoms with van der Waals surface area (Å²) in [4.78, 5) is 0. The second-order valence-electron chi connectivity index (χ2n) is 6.78. The lowest BCUT2D eigenvalue weighted by molar-refractivity contribution is 0.225. The van der Waals surface area contributed by atoms with E-state index in [1.807, 2.05) is 6.08 Å². The van der Waals surface area contributed by atoms with E-state index in [2.05, 4.69) is 34.3 Å². The van der Waals surface area contributed by atoms with Crippen LogP contribution in [0.2, 0.25) is 0 Å². The molecule has 0 spiro atoms. The highest BCUT2D eigenvalue weighted by Crippen LogP contribution is 2.30. The average molecular weight is 281 g/mol. The third-order valence-electron chi connectivity index (χ3n) is 5.14. The standard InChI is InChI=1S/C20H40/c1-6-9-10-11-12-13-14-15-17-20(8-3)19(5)18(4)16-7-2/h6,18-20H,1,7-17H2,2-5H3. The summed E-state index contributed by atoms with van der Waals surface area (Å²) in [6, 6.07) is 0. The van der Waals surface area contributed by atoms with Gasteiger partial charge in [0, 0.05) is 0 Å². The van der Waals surface area contributed by atoms with Crippen molar-refractivity contribution < 1.29 is 0 Å². The predicted molar refractivity (Wildman–Crippen MR) is 94.2 cm³/mol. The smallest absolute Gasteiger partial charge is 0.0353 e. The van der Waals surface area contributed by atoms with Crippen molar-refractivity contribution in [3.05, 3.63) is 12.7 Å². The molecule has 0 aliphatic rings. The molecule has 0 bridgehead atoms. The van der Waals surface area contributed by atoms with Crippen molar-refractivity contribution >= 4 is 0 Å². The van der Waals surface area contributed by atoms with Crippen LogP contribution < -0.4 is 0 Å². The topological polar surface area (TPSA) is 0 Å². The lowest BCUT2D eigenvalue weighted by atomic mass is 9.78. The van der Waals surface area contributed by atoms with Gasteiger partial charge in [-0.1, -0.05) is 91.6 Å². The summed E-state index contributed by atoms with van der Waals surface area (Å²) in [6.45, 7) is 13.4. The van der Waals surface area contributed by atoms with Gasteiger partial charge >= 0.3 is 0 Å². The van der Waals surface area contributed by atoms with Gasteiger partial charge < -0.3 is 0 Å². The van der Waals surface area contributed by atoms with Gasteiger partial charge in [0.25, 0.3) is 0 Å². The zero-order valence-corrected chi connectivity index (χ0v) is 14.8. The summed E-state index contributed by atoms with van der Waals surface area (Å²) in [6.07, 6.45) is 17.3.